The van der Waals surface area contributed by atoms with Gasteiger partial charge in [-0.3, -0.25) is 9.89 Å². The average molecular weight is 213 g/mol. The molecule has 0 spiro atoms. The summed E-state index contributed by atoms with van der Waals surface area (Å²) in [5.41, 5.74) is 0. The van der Waals surface area contributed by atoms with Gasteiger partial charge in [0, 0.05) is 12.6 Å². The van der Waals surface area contributed by atoms with E-state index in [-0.39, 0.29) is 0 Å². The maximum absolute atomic E-state index is 4.39. The van der Waals surface area contributed by atoms with Crippen LogP contribution in [0.4, 0.5) is 0 Å². The van der Waals surface area contributed by atoms with Crippen LogP contribution in [0.5, 0.6) is 0 Å². The van der Waals surface area contributed by atoms with E-state index >= 15 is 0 Å². The van der Waals surface area contributed by atoms with E-state index in [0.717, 1.165) is 30.2 Å². The number of thioether (sulfide) groups is 1. The minimum absolute atomic E-state index is 0.762. The van der Waals surface area contributed by atoms with E-state index < -0.39 is 0 Å². The van der Waals surface area contributed by atoms with Gasteiger partial charge in [0.15, 0.2) is 5.17 Å². The first-order valence-corrected chi connectivity index (χ1v) is 6.50. The third-order valence-corrected chi connectivity index (χ3v) is 3.96. The summed E-state index contributed by atoms with van der Waals surface area (Å²) in [5, 5.41) is 4.44. The van der Waals surface area contributed by atoms with Crippen molar-refractivity contribution in [1.29, 1.82) is 0 Å². The van der Waals surface area contributed by atoms with Crippen molar-refractivity contribution in [3.63, 3.8) is 0 Å². The zero-order valence-electron chi connectivity index (χ0n) is 8.83. The summed E-state index contributed by atoms with van der Waals surface area (Å²) < 4.78 is 0. The van der Waals surface area contributed by atoms with Gasteiger partial charge in [0.05, 0.1) is 12.4 Å². The van der Waals surface area contributed by atoms with Crippen LogP contribution >= 0.6 is 11.8 Å². The summed E-state index contributed by atoms with van der Waals surface area (Å²) in [4.78, 5) is 6.95. The molecule has 2 aliphatic rings. The van der Waals surface area contributed by atoms with Crippen LogP contribution < -0.4 is 5.32 Å². The average Bonchev–Trinajstić information content (AvgIpc) is 2.69. The van der Waals surface area contributed by atoms with Crippen LogP contribution in [-0.4, -0.2) is 41.6 Å². The van der Waals surface area contributed by atoms with Gasteiger partial charge in [0.1, 0.15) is 0 Å². The zero-order chi connectivity index (χ0) is 9.80. The fourth-order valence-electron chi connectivity index (χ4n) is 1.97. The predicted molar refractivity (Wildman–Crippen MR) is 62.8 cm³/mol. The Morgan fingerprint density at radius 1 is 1.57 bits per heavy atom. The monoisotopic (exact) mass is 213 g/mol. The summed E-state index contributed by atoms with van der Waals surface area (Å²) in [6.45, 7) is 5.58. The lowest BCUT2D eigenvalue weighted by molar-refractivity contribution is 0.191. The van der Waals surface area contributed by atoms with E-state index in [0.29, 0.717) is 0 Å². The van der Waals surface area contributed by atoms with Crippen molar-refractivity contribution in [3.05, 3.63) is 0 Å². The van der Waals surface area contributed by atoms with Crippen molar-refractivity contribution < 1.29 is 0 Å². The van der Waals surface area contributed by atoms with Crippen LogP contribution in [0.3, 0.4) is 0 Å². The SMILES string of the molecule is CC1CCCCN1CSC1=NCCN1. The van der Waals surface area contributed by atoms with Gasteiger partial charge in [0.25, 0.3) is 0 Å². The van der Waals surface area contributed by atoms with E-state index in [2.05, 4.69) is 22.1 Å². The lowest BCUT2D eigenvalue weighted by atomic mass is 10.1. The first-order chi connectivity index (χ1) is 6.86. The van der Waals surface area contributed by atoms with Crippen LogP contribution in [-0.2, 0) is 0 Å². The molecule has 0 saturated carbocycles. The lowest BCUT2D eigenvalue weighted by Gasteiger charge is -2.32. The molecule has 2 rings (SSSR count). The zero-order valence-corrected chi connectivity index (χ0v) is 9.65. The Hall–Kier alpha value is -0.220. The molecule has 0 aromatic rings. The minimum Gasteiger partial charge on any atom is -0.363 e. The first kappa shape index (κ1) is 10.3. The number of amidine groups is 1. The van der Waals surface area contributed by atoms with E-state index in [4.69, 9.17) is 0 Å². The van der Waals surface area contributed by atoms with Gasteiger partial charge in [-0.1, -0.05) is 18.2 Å². The highest BCUT2D eigenvalue weighted by atomic mass is 32.2. The molecule has 80 valence electrons. The second-order valence-electron chi connectivity index (χ2n) is 4.04. The summed E-state index contributed by atoms with van der Waals surface area (Å²) in [5.74, 6) is 1.10. The Morgan fingerprint density at radius 2 is 2.50 bits per heavy atom. The number of nitrogens with zero attached hydrogens (tertiary/aromatic N) is 2. The minimum atomic E-state index is 0.762. The van der Waals surface area contributed by atoms with Crippen molar-refractivity contribution >= 4 is 16.9 Å². The molecule has 0 aromatic carbocycles. The Morgan fingerprint density at radius 3 is 3.21 bits per heavy atom. The van der Waals surface area contributed by atoms with Gasteiger partial charge < -0.3 is 5.32 Å². The largest absolute Gasteiger partial charge is 0.363 e. The number of aliphatic imine (C=N–C) groups is 1. The number of rotatable bonds is 2. The summed E-state index contributed by atoms with van der Waals surface area (Å²) in [7, 11) is 0. The van der Waals surface area contributed by atoms with Crippen molar-refractivity contribution in [2.45, 2.75) is 32.2 Å². The normalized spacial score (nSPS) is 28.6. The number of piperidine rings is 1. The Labute approximate surface area is 90.3 Å². The van der Waals surface area contributed by atoms with E-state index in [9.17, 15) is 0 Å². The second-order valence-corrected chi connectivity index (χ2v) is 4.98. The maximum atomic E-state index is 4.39. The van der Waals surface area contributed by atoms with Crippen molar-refractivity contribution in [3.8, 4) is 0 Å². The molecule has 1 unspecified atom stereocenters. The molecule has 1 saturated heterocycles. The molecule has 3 nitrogen and oxygen atoms in total. The van der Waals surface area contributed by atoms with Gasteiger partial charge >= 0.3 is 0 Å². The van der Waals surface area contributed by atoms with Gasteiger partial charge in [-0.05, 0) is 26.3 Å². The third-order valence-electron chi connectivity index (χ3n) is 2.95. The molecular weight excluding hydrogens is 194 g/mol. The molecule has 0 aromatic heterocycles. The molecule has 0 aliphatic carbocycles. The topological polar surface area (TPSA) is 27.6 Å². The summed E-state index contributed by atoms with van der Waals surface area (Å²) >= 11 is 1.86. The summed E-state index contributed by atoms with van der Waals surface area (Å²) in [6.07, 6.45) is 4.13. The van der Waals surface area contributed by atoms with E-state index in [1.54, 1.807) is 0 Å². The Bertz CT molecular complexity index is 217. The molecular formula is C10H19N3S. The highest BCUT2D eigenvalue weighted by molar-refractivity contribution is 8.13. The fourth-order valence-corrected chi connectivity index (χ4v) is 3.02. The highest BCUT2D eigenvalue weighted by Crippen LogP contribution is 2.19. The Kier molecular flexibility index (Phi) is 3.70. The van der Waals surface area contributed by atoms with Crippen LogP contribution in [0, 0.1) is 0 Å². The van der Waals surface area contributed by atoms with Crippen LogP contribution in [0.15, 0.2) is 4.99 Å². The second kappa shape index (κ2) is 5.03. The quantitative estimate of drug-likeness (QED) is 0.753. The maximum Gasteiger partial charge on any atom is 0.157 e. The summed E-state index contributed by atoms with van der Waals surface area (Å²) in [6, 6.07) is 0.762. The molecule has 0 radical (unpaired) electrons. The molecule has 1 fully saturated rings. The molecule has 2 heterocycles. The number of likely N-dealkylation sites (tertiary alicyclic amines) is 1. The highest BCUT2D eigenvalue weighted by Gasteiger charge is 2.18. The number of nitrogens with one attached hydrogen (secondary N) is 1. The molecule has 4 heteroatoms. The van der Waals surface area contributed by atoms with E-state index in [1.807, 2.05) is 11.8 Å². The standard InChI is InChI=1S/C10H19N3S/c1-9-4-2-3-7-13(9)8-14-10-11-5-6-12-10/h9H,2-8H2,1H3,(H,11,12). The van der Waals surface area contributed by atoms with E-state index in [1.165, 1.54) is 25.8 Å². The van der Waals surface area contributed by atoms with Crippen LogP contribution in [0.25, 0.3) is 0 Å². The molecule has 0 bridgehead atoms. The first-order valence-electron chi connectivity index (χ1n) is 5.51. The smallest absolute Gasteiger partial charge is 0.157 e. The fraction of sp³-hybridized carbons (Fsp3) is 0.900. The molecule has 0 amide bonds. The molecule has 2 aliphatic heterocycles. The molecule has 1 atom stereocenters. The van der Waals surface area contributed by atoms with Crippen molar-refractivity contribution in [2.75, 3.05) is 25.5 Å². The van der Waals surface area contributed by atoms with Crippen molar-refractivity contribution in [2.24, 2.45) is 4.99 Å². The predicted octanol–water partition coefficient (Wildman–Crippen LogP) is 1.51. The van der Waals surface area contributed by atoms with Crippen LogP contribution in [0.1, 0.15) is 26.2 Å². The lowest BCUT2D eigenvalue weighted by Crippen LogP contribution is -2.37. The van der Waals surface area contributed by atoms with Gasteiger partial charge in [0.2, 0.25) is 0 Å². The number of hydrogen-bond acceptors (Lipinski definition) is 4. The molecule has 1 N–H and O–H groups in total. The van der Waals surface area contributed by atoms with Crippen molar-refractivity contribution in [1.82, 2.24) is 10.2 Å². The Balaban J connectivity index is 1.73. The van der Waals surface area contributed by atoms with Gasteiger partial charge in [-0.15, -0.1) is 0 Å². The molecule has 14 heavy (non-hydrogen) atoms. The number of hydrogen-bond donors (Lipinski definition) is 1. The van der Waals surface area contributed by atoms with Gasteiger partial charge in [-0.25, -0.2) is 0 Å². The third kappa shape index (κ3) is 2.64. The van der Waals surface area contributed by atoms with Gasteiger partial charge in [-0.2, -0.15) is 0 Å². The van der Waals surface area contributed by atoms with Crippen LogP contribution in [0.2, 0.25) is 0 Å².